The molecule has 0 radical (unpaired) electrons. The molecular formula is C29H36N6O2. The number of unbranched alkanes of at least 4 members (excludes halogenated alkanes) is 1. The molecule has 1 fully saturated rings. The van der Waals surface area contributed by atoms with Gasteiger partial charge >= 0.3 is 0 Å². The molecule has 3 aromatic heterocycles. The van der Waals surface area contributed by atoms with Gasteiger partial charge in [0.05, 0.1) is 11.9 Å². The molecule has 1 aliphatic rings. The van der Waals surface area contributed by atoms with E-state index in [0.717, 1.165) is 66.6 Å². The van der Waals surface area contributed by atoms with Gasteiger partial charge in [-0.15, -0.1) is 0 Å². The summed E-state index contributed by atoms with van der Waals surface area (Å²) in [6.07, 6.45) is 7.84. The highest BCUT2D eigenvalue weighted by Crippen LogP contribution is 2.39. The molecule has 4 aromatic rings. The first-order chi connectivity index (χ1) is 17.9. The number of pyridine rings is 1. The fourth-order valence-corrected chi connectivity index (χ4v) is 5.65. The third kappa shape index (κ3) is 5.24. The number of hydrogen-bond donors (Lipinski definition) is 3. The Morgan fingerprint density at radius 1 is 1.14 bits per heavy atom. The van der Waals surface area contributed by atoms with E-state index < -0.39 is 0 Å². The van der Waals surface area contributed by atoms with Gasteiger partial charge in [-0.2, -0.15) is 5.10 Å². The Balaban J connectivity index is 1.30. The number of fused-ring (bicyclic) bond motifs is 2. The van der Waals surface area contributed by atoms with Crippen LogP contribution in [0.15, 0.2) is 36.7 Å². The van der Waals surface area contributed by atoms with Gasteiger partial charge in [-0.05, 0) is 66.8 Å². The topological polar surface area (TPSA) is 107 Å². The average molecular weight is 501 g/mol. The summed E-state index contributed by atoms with van der Waals surface area (Å²) in [6.45, 7) is 8.25. The Hall–Kier alpha value is -3.68. The molecule has 194 valence electrons. The minimum Gasteiger partial charge on any atom is -0.356 e. The zero-order valence-corrected chi connectivity index (χ0v) is 21.9. The Morgan fingerprint density at radius 3 is 2.70 bits per heavy atom. The van der Waals surface area contributed by atoms with E-state index in [0.29, 0.717) is 24.8 Å². The maximum Gasteiger partial charge on any atom is 0.222 e. The van der Waals surface area contributed by atoms with Crippen LogP contribution in [0.25, 0.3) is 33.2 Å². The number of nitrogens with zero attached hydrogens (tertiary/aromatic N) is 3. The highest BCUT2D eigenvalue weighted by atomic mass is 16.2. The van der Waals surface area contributed by atoms with Gasteiger partial charge in [0.2, 0.25) is 11.8 Å². The minimum absolute atomic E-state index is 0.0180. The molecule has 2 amide bonds. The molecule has 0 bridgehead atoms. The van der Waals surface area contributed by atoms with Gasteiger partial charge < -0.3 is 15.2 Å². The van der Waals surface area contributed by atoms with Crippen molar-refractivity contribution in [2.75, 3.05) is 19.6 Å². The first kappa shape index (κ1) is 25.0. The van der Waals surface area contributed by atoms with Crippen LogP contribution in [0.3, 0.4) is 0 Å². The van der Waals surface area contributed by atoms with Crippen LogP contribution in [-0.4, -0.2) is 56.5 Å². The molecule has 5 rings (SSSR count). The molecular weight excluding hydrogens is 464 g/mol. The van der Waals surface area contributed by atoms with E-state index in [2.05, 4.69) is 63.6 Å². The summed E-state index contributed by atoms with van der Waals surface area (Å²) in [5.74, 6) is 1.01. The summed E-state index contributed by atoms with van der Waals surface area (Å²) in [7, 11) is 0. The Labute approximate surface area is 217 Å². The number of amides is 2. The molecule has 0 atom stereocenters. The number of carbonyl (C=O) groups is 2. The first-order valence-corrected chi connectivity index (χ1v) is 13.4. The van der Waals surface area contributed by atoms with Crippen LogP contribution in [0.2, 0.25) is 0 Å². The predicted octanol–water partition coefficient (Wildman–Crippen LogP) is 5.24. The lowest BCUT2D eigenvalue weighted by Gasteiger charge is -2.32. The number of piperidine rings is 1. The summed E-state index contributed by atoms with van der Waals surface area (Å²) < 4.78 is 0. The van der Waals surface area contributed by atoms with E-state index in [1.54, 1.807) is 0 Å². The smallest absolute Gasteiger partial charge is 0.222 e. The second-order valence-corrected chi connectivity index (χ2v) is 10.5. The van der Waals surface area contributed by atoms with Gasteiger partial charge in [-0.25, -0.2) is 4.98 Å². The summed E-state index contributed by atoms with van der Waals surface area (Å²) >= 11 is 0. The number of rotatable bonds is 8. The van der Waals surface area contributed by atoms with Crippen LogP contribution in [-0.2, 0) is 9.59 Å². The lowest BCUT2D eigenvalue weighted by atomic mass is 9.87. The molecule has 1 aromatic carbocycles. The summed E-state index contributed by atoms with van der Waals surface area (Å²) in [5.41, 5.74) is 6.85. The van der Waals surface area contributed by atoms with Gasteiger partial charge in [0.15, 0.2) is 5.65 Å². The van der Waals surface area contributed by atoms with Crippen LogP contribution in [0, 0.1) is 0 Å². The maximum atomic E-state index is 12.7. The van der Waals surface area contributed by atoms with Gasteiger partial charge in [0.25, 0.3) is 0 Å². The van der Waals surface area contributed by atoms with Crippen LogP contribution in [0.4, 0.5) is 0 Å². The number of aromatic nitrogens is 4. The predicted molar refractivity (Wildman–Crippen MR) is 146 cm³/mol. The van der Waals surface area contributed by atoms with Crippen LogP contribution in [0.5, 0.6) is 0 Å². The molecule has 0 spiro atoms. The van der Waals surface area contributed by atoms with E-state index in [4.69, 9.17) is 0 Å². The first-order valence-electron chi connectivity index (χ1n) is 13.4. The van der Waals surface area contributed by atoms with E-state index in [1.165, 1.54) is 23.4 Å². The second-order valence-electron chi connectivity index (χ2n) is 10.5. The number of benzene rings is 1. The number of aromatic amines is 2. The Kier molecular flexibility index (Phi) is 7.26. The van der Waals surface area contributed by atoms with Crippen molar-refractivity contribution >= 4 is 33.8 Å². The maximum absolute atomic E-state index is 12.7. The largest absolute Gasteiger partial charge is 0.356 e. The van der Waals surface area contributed by atoms with Crippen molar-refractivity contribution in [2.24, 2.45) is 0 Å². The van der Waals surface area contributed by atoms with Gasteiger partial charge in [-0.1, -0.05) is 19.9 Å². The van der Waals surface area contributed by atoms with Gasteiger partial charge in [-0.3, -0.25) is 14.7 Å². The van der Waals surface area contributed by atoms with Crippen LogP contribution in [0.1, 0.15) is 75.8 Å². The lowest BCUT2D eigenvalue weighted by Crippen LogP contribution is -2.37. The normalized spacial score (nSPS) is 14.6. The van der Waals surface area contributed by atoms with Crippen molar-refractivity contribution in [1.82, 2.24) is 30.4 Å². The molecule has 8 nitrogen and oxygen atoms in total. The fraction of sp³-hybridized carbons (Fsp3) is 0.448. The van der Waals surface area contributed by atoms with Gasteiger partial charge in [0.1, 0.15) is 0 Å². The summed E-state index contributed by atoms with van der Waals surface area (Å²) in [4.78, 5) is 33.7. The second kappa shape index (κ2) is 10.7. The van der Waals surface area contributed by atoms with E-state index in [9.17, 15) is 9.59 Å². The van der Waals surface area contributed by atoms with Crippen molar-refractivity contribution in [3.05, 3.63) is 47.8 Å². The monoisotopic (exact) mass is 500 g/mol. The minimum atomic E-state index is -0.0180. The molecule has 0 unspecified atom stereocenters. The molecule has 4 heterocycles. The number of hydrogen-bond acceptors (Lipinski definition) is 4. The molecule has 0 saturated carbocycles. The SMILES string of the molecule is CC(=O)NCCCCC(=O)N1CCC(c2ccc3[nH]c(-c4ccnc5[nH]ncc45)c(C(C)C)c3c2)CC1. The molecule has 1 saturated heterocycles. The molecule has 8 heteroatoms. The zero-order valence-electron chi connectivity index (χ0n) is 21.9. The number of carbonyl (C=O) groups excluding carboxylic acids is 2. The molecule has 0 aliphatic carbocycles. The third-order valence-corrected chi connectivity index (χ3v) is 7.57. The van der Waals surface area contributed by atoms with Crippen molar-refractivity contribution in [1.29, 1.82) is 0 Å². The third-order valence-electron chi connectivity index (χ3n) is 7.57. The molecule has 37 heavy (non-hydrogen) atoms. The van der Waals surface area contributed by atoms with Crippen LogP contribution < -0.4 is 5.32 Å². The molecule has 1 aliphatic heterocycles. The Bertz CT molecular complexity index is 1410. The molecule has 3 N–H and O–H groups in total. The lowest BCUT2D eigenvalue weighted by molar-refractivity contribution is -0.132. The van der Waals surface area contributed by atoms with E-state index >= 15 is 0 Å². The number of nitrogens with one attached hydrogen (secondary N) is 3. The number of H-pyrrole nitrogens is 2. The van der Waals surface area contributed by atoms with Crippen molar-refractivity contribution in [3.8, 4) is 11.3 Å². The summed E-state index contributed by atoms with van der Waals surface area (Å²) in [5, 5.41) is 12.3. The fourth-order valence-electron chi connectivity index (χ4n) is 5.65. The standard InChI is InChI=1S/C29H36N6O2/c1-18(2)27-23-16-21(20-10-14-35(15-11-20)26(37)6-4-5-12-30-19(3)36)7-8-25(23)33-28(27)22-9-13-31-29-24(22)17-32-34-29/h7-9,13,16-18,20,33H,4-6,10-12,14-15H2,1-3H3,(H,30,36)(H,31,32,34). The zero-order chi connectivity index (χ0) is 25.9. The van der Waals surface area contributed by atoms with E-state index in [1.807, 2.05) is 17.3 Å². The van der Waals surface area contributed by atoms with Crippen LogP contribution >= 0.6 is 0 Å². The van der Waals surface area contributed by atoms with Crippen molar-refractivity contribution < 1.29 is 9.59 Å². The van der Waals surface area contributed by atoms with Gasteiger partial charge in [0, 0.05) is 61.0 Å². The summed E-state index contributed by atoms with van der Waals surface area (Å²) in [6, 6.07) is 8.88. The van der Waals surface area contributed by atoms with Crippen molar-refractivity contribution in [2.45, 2.75) is 64.7 Å². The quantitative estimate of drug-likeness (QED) is 0.288. The number of likely N-dealkylation sites (tertiary alicyclic amines) is 1. The Morgan fingerprint density at radius 2 is 1.95 bits per heavy atom. The van der Waals surface area contributed by atoms with Crippen molar-refractivity contribution in [3.63, 3.8) is 0 Å². The highest BCUT2D eigenvalue weighted by molar-refractivity contribution is 5.98. The highest BCUT2D eigenvalue weighted by Gasteiger charge is 2.25. The van der Waals surface area contributed by atoms with E-state index in [-0.39, 0.29) is 11.8 Å². The average Bonchev–Trinajstić information content (AvgIpc) is 3.52.